The fourth-order valence-corrected chi connectivity index (χ4v) is 2.17. The minimum absolute atomic E-state index is 0.566. The summed E-state index contributed by atoms with van der Waals surface area (Å²) in [5.74, 6) is 7.52. The molecular formula is C12H16N8. The van der Waals surface area contributed by atoms with Crippen molar-refractivity contribution in [3.63, 3.8) is 0 Å². The first-order chi connectivity index (χ1) is 9.86. The number of hydrazine groups is 1. The highest BCUT2D eigenvalue weighted by atomic mass is 15.3. The third-order valence-electron chi connectivity index (χ3n) is 3.21. The van der Waals surface area contributed by atoms with Crippen molar-refractivity contribution < 1.29 is 0 Å². The third-order valence-corrected chi connectivity index (χ3v) is 3.21. The predicted octanol–water partition coefficient (Wildman–Crippen LogP) is -0.121. The lowest BCUT2D eigenvalue weighted by molar-refractivity contribution is 0.634. The molecule has 0 radical (unpaired) electrons. The van der Waals surface area contributed by atoms with Crippen molar-refractivity contribution in [1.29, 1.82) is 0 Å². The quantitative estimate of drug-likeness (QED) is 0.589. The van der Waals surface area contributed by atoms with Crippen LogP contribution in [0.5, 0.6) is 0 Å². The second kappa shape index (κ2) is 5.66. The van der Waals surface area contributed by atoms with Crippen LogP contribution in [0.4, 0.5) is 17.6 Å². The van der Waals surface area contributed by atoms with Gasteiger partial charge >= 0.3 is 0 Å². The summed E-state index contributed by atoms with van der Waals surface area (Å²) in [5, 5.41) is 0. The molecule has 0 saturated carbocycles. The maximum Gasteiger partial charge on any atom is 0.225 e. The first kappa shape index (κ1) is 12.5. The zero-order valence-electron chi connectivity index (χ0n) is 11.0. The molecule has 3 N–H and O–H groups in total. The van der Waals surface area contributed by atoms with Gasteiger partial charge in [-0.1, -0.05) is 0 Å². The van der Waals surface area contributed by atoms with Gasteiger partial charge in [-0.15, -0.1) is 0 Å². The smallest absolute Gasteiger partial charge is 0.225 e. The number of nitrogens with two attached hydrogens (primary N) is 1. The molecule has 1 aliphatic rings. The second-order valence-electron chi connectivity index (χ2n) is 4.43. The Balaban J connectivity index is 1.66. The summed E-state index contributed by atoms with van der Waals surface area (Å²) in [6.45, 7) is 3.40. The van der Waals surface area contributed by atoms with Gasteiger partial charge in [-0.05, 0) is 6.07 Å². The number of hydrogen-bond acceptors (Lipinski definition) is 8. The first-order valence-corrected chi connectivity index (χ1v) is 6.42. The van der Waals surface area contributed by atoms with E-state index in [9.17, 15) is 0 Å². The normalized spacial score (nSPS) is 15.2. The van der Waals surface area contributed by atoms with E-state index in [0.717, 1.165) is 37.9 Å². The molecule has 20 heavy (non-hydrogen) atoms. The lowest BCUT2D eigenvalue weighted by atomic mass is 10.3. The highest BCUT2D eigenvalue weighted by molar-refractivity contribution is 5.45. The van der Waals surface area contributed by atoms with Crippen molar-refractivity contribution in [2.45, 2.75) is 0 Å². The molecule has 0 aliphatic carbocycles. The van der Waals surface area contributed by atoms with Gasteiger partial charge in [0, 0.05) is 38.6 Å². The second-order valence-corrected chi connectivity index (χ2v) is 4.43. The molecule has 0 bridgehead atoms. The molecule has 0 unspecified atom stereocenters. The molecule has 1 fully saturated rings. The van der Waals surface area contributed by atoms with Gasteiger partial charge in [0.05, 0.1) is 12.4 Å². The van der Waals surface area contributed by atoms with Crippen LogP contribution >= 0.6 is 0 Å². The van der Waals surface area contributed by atoms with E-state index < -0.39 is 0 Å². The van der Waals surface area contributed by atoms with E-state index in [1.54, 1.807) is 24.8 Å². The van der Waals surface area contributed by atoms with Gasteiger partial charge in [-0.25, -0.2) is 20.8 Å². The molecule has 3 heterocycles. The van der Waals surface area contributed by atoms with Crippen molar-refractivity contribution in [3.05, 3.63) is 30.9 Å². The number of piperazine rings is 1. The Bertz CT molecular complexity index is 552. The van der Waals surface area contributed by atoms with E-state index in [-0.39, 0.29) is 0 Å². The minimum atomic E-state index is 0.566. The highest BCUT2D eigenvalue weighted by Crippen LogP contribution is 2.16. The lowest BCUT2D eigenvalue weighted by Gasteiger charge is -2.35. The van der Waals surface area contributed by atoms with E-state index in [2.05, 4.69) is 35.2 Å². The van der Waals surface area contributed by atoms with E-state index in [1.807, 2.05) is 6.07 Å². The zero-order valence-corrected chi connectivity index (χ0v) is 11.0. The summed E-state index contributed by atoms with van der Waals surface area (Å²) in [5.41, 5.74) is 2.51. The Morgan fingerprint density at radius 1 is 1.00 bits per heavy atom. The summed E-state index contributed by atoms with van der Waals surface area (Å²) in [6.07, 6.45) is 6.86. The van der Waals surface area contributed by atoms with Crippen molar-refractivity contribution in [1.82, 2.24) is 19.9 Å². The van der Waals surface area contributed by atoms with Gasteiger partial charge in [0.2, 0.25) is 5.95 Å². The van der Waals surface area contributed by atoms with Crippen molar-refractivity contribution in [3.8, 4) is 0 Å². The van der Waals surface area contributed by atoms with Crippen LogP contribution in [0.1, 0.15) is 0 Å². The highest BCUT2D eigenvalue weighted by Gasteiger charge is 2.20. The fourth-order valence-electron chi connectivity index (χ4n) is 2.17. The molecule has 2 aromatic rings. The molecule has 8 heteroatoms. The van der Waals surface area contributed by atoms with Gasteiger partial charge in [-0.2, -0.15) is 0 Å². The van der Waals surface area contributed by atoms with Crippen LogP contribution in [-0.2, 0) is 0 Å². The van der Waals surface area contributed by atoms with Crippen molar-refractivity contribution in [2.24, 2.45) is 5.84 Å². The van der Waals surface area contributed by atoms with E-state index in [4.69, 9.17) is 5.84 Å². The number of nitrogens with one attached hydrogen (secondary N) is 1. The summed E-state index contributed by atoms with van der Waals surface area (Å²) in [6, 6.07) is 1.82. The molecule has 0 aromatic carbocycles. The third kappa shape index (κ3) is 2.59. The van der Waals surface area contributed by atoms with E-state index in [1.165, 1.54) is 0 Å². The van der Waals surface area contributed by atoms with Crippen LogP contribution in [0.3, 0.4) is 0 Å². The Morgan fingerprint density at radius 2 is 1.70 bits per heavy atom. The predicted molar refractivity (Wildman–Crippen MR) is 76.3 cm³/mol. The molecule has 0 atom stereocenters. The number of nitrogens with zero attached hydrogens (tertiary/aromatic N) is 6. The number of aromatic nitrogens is 4. The molecule has 1 saturated heterocycles. The summed E-state index contributed by atoms with van der Waals surface area (Å²) >= 11 is 0. The zero-order chi connectivity index (χ0) is 13.8. The summed E-state index contributed by atoms with van der Waals surface area (Å²) in [4.78, 5) is 21.4. The molecule has 1 aliphatic heterocycles. The Morgan fingerprint density at radius 3 is 2.40 bits per heavy atom. The van der Waals surface area contributed by atoms with Gasteiger partial charge in [-0.3, -0.25) is 4.98 Å². The minimum Gasteiger partial charge on any atom is -0.352 e. The van der Waals surface area contributed by atoms with Crippen LogP contribution in [0, 0.1) is 0 Å². The average Bonchev–Trinajstić information content (AvgIpc) is 2.56. The van der Waals surface area contributed by atoms with E-state index in [0.29, 0.717) is 5.82 Å². The first-order valence-electron chi connectivity index (χ1n) is 6.42. The fraction of sp³-hybridized carbons (Fsp3) is 0.333. The number of nitrogen functional groups attached to an aromatic ring is 1. The topological polar surface area (TPSA) is 96.1 Å². The SMILES string of the molecule is NNc1cncc(N2CCN(c3ncccn3)CC2)n1. The molecule has 3 rings (SSSR count). The largest absolute Gasteiger partial charge is 0.352 e. The number of rotatable bonds is 3. The molecular weight excluding hydrogens is 256 g/mol. The monoisotopic (exact) mass is 272 g/mol. The van der Waals surface area contributed by atoms with Crippen LogP contribution in [0.25, 0.3) is 0 Å². The summed E-state index contributed by atoms with van der Waals surface area (Å²) in [7, 11) is 0. The molecule has 8 nitrogen and oxygen atoms in total. The average molecular weight is 272 g/mol. The van der Waals surface area contributed by atoms with Gasteiger partial charge in [0.1, 0.15) is 5.82 Å². The van der Waals surface area contributed by atoms with Crippen molar-refractivity contribution >= 4 is 17.6 Å². The van der Waals surface area contributed by atoms with Crippen LogP contribution < -0.4 is 21.1 Å². The Kier molecular flexibility index (Phi) is 3.55. The lowest BCUT2D eigenvalue weighted by Crippen LogP contribution is -2.47. The van der Waals surface area contributed by atoms with Crippen LogP contribution in [0.15, 0.2) is 30.9 Å². The van der Waals surface area contributed by atoms with Crippen LogP contribution in [0.2, 0.25) is 0 Å². The molecule has 2 aromatic heterocycles. The molecule has 104 valence electrons. The van der Waals surface area contributed by atoms with Gasteiger partial charge in [0.15, 0.2) is 5.82 Å². The standard InChI is InChI=1S/C12H16N8/c13-18-10-8-14-9-11(17-10)19-4-6-20(7-5-19)12-15-2-1-3-16-12/h1-3,8-9H,4-7,13H2,(H,17,18). The number of hydrogen-bond donors (Lipinski definition) is 2. The van der Waals surface area contributed by atoms with Crippen molar-refractivity contribution in [2.75, 3.05) is 41.4 Å². The number of anilines is 3. The van der Waals surface area contributed by atoms with Gasteiger partial charge in [0.25, 0.3) is 0 Å². The molecule has 0 spiro atoms. The van der Waals surface area contributed by atoms with Crippen LogP contribution in [-0.4, -0.2) is 46.1 Å². The van der Waals surface area contributed by atoms with E-state index >= 15 is 0 Å². The van der Waals surface area contributed by atoms with Gasteiger partial charge < -0.3 is 15.2 Å². The summed E-state index contributed by atoms with van der Waals surface area (Å²) < 4.78 is 0. The Hall–Kier alpha value is -2.48. The Labute approximate surface area is 116 Å². The maximum absolute atomic E-state index is 5.35. The molecule has 0 amide bonds. The maximum atomic E-state index is 5.35.